The number of nitrogens with one attached hydrogen (secondary N) is 1. The summed E-state index contributed by atoms with van der Waals surface area (Å²) in [5.74, 6) is 0.801. The van der Waals surface area contributed by atoms with Gasteiger partial charge < -0.3 is 14.5 Å². The number of carbonyl (C=O) groups is 1. The Labute approximate surface area is 189 Å². The molecule has 1 heterocycles. The first kappa shape index (κ1) is 20.1. The Bertz CT molecular complexity index is 1450. The molecule has 1 amide bonds. The van der Waals surface area contributed by atoms with Crippen LogP contribution >= 0.6 is 11.6 Å². The van der Waals surface area contributed by atoms with Gasteiger partial charge in [-0.3, -0.25) is 4.79 Å². The van der Waals surface area contributed by atoms with Crippen LogP contribution in [0.1, 0.15) is 5.56 Å². The average Bonchev–Trinajstić information content (AvgIpc) is 3.22. The summed E-state index contributed by atoms with van der Waals surface area (Å²) in [5.41, 5.74) is 3.77. The van der Waals surface area contributed by atoms with E-state index in [2.05, 4.69) is 10.3 Å². The van der Waals surface area contributed by atoms with Crippen molar-refractivity contribution in [1.82, 2.24) is 4.98 Å². The van der Waals surface area contributed by atoms with Crippen molar-refractivity contribution in [2.45, 2.75) is 6.92 Å². The molecule has 0 bridgehead atoms. The van der Waals surface area contributed by atoms with E-state index in [1.165, 1.54) is 0 Å². The standard InChI is InChI=1S/C26H19ClN2O3/c1-16-9-12-24-22(13-16)29-26(32-24)18-10-11-20(27)21(14-18)28-25(30)15-31-23-8-4-6-17-5-2-3-7-19(17)23/h2-14H,15H2,1H3,(H,28,30). The van der Waals surface area contributed by atoms with Gasteiger partial charge in [0.1, 0.15) is 11.3 Å². The van der Waals surface area contributed by atoms with Crippen LogP contribution in [0.25, 0.3) is 33.3 Å². The Hall–Kier alpha value is -3.83. The number of aryl methyl sites for hydroxylation is 1. The highest BCUT2D eigenvalue weighted by Crippen LogP contribution is 2.31. The van der Waals surface area contributed by atoms with Crippen LogP contribution in [0.4, 0.5) is 5.69 Å². The first-order valence-electron chi connectivity index (χ1n) is 10.1. The fourth-order valence-corrected chi connectivity index (χ4v) is 3.73. The number of anilines is 1. The molecule has 0 atom stereocenters. The Morgan fingerprint density at radius 3 is 2.78 bits per heavy atom. The first-order valence-corrected chi connectivity index (χ1v) is 10.5. The highest BCUT2D eigenvalue weighted by Gasteiger charge is 2.13. The van der Waals surface area contributed by atoms with E-state index in [-0.39, 0.29) is 12.5 Å². The number of carbonyl (C=O) groups excluding carboxylic acids is 1. The van der Waals surface area contributed by atoms with Crippen molar-refractivity contribution in [2.75, 3.05) is 11.9 Å². The predicted molar refractivity (Wildman–Crippen MR) is 127 cm³/mol. The maximum atomic E-state index is 12.6. The summed E-state index contributed by atoms with van der Waals surface area (Å²) in [6.45, 7) is 1.86. The zero-order chi connectivity index (χ0) is 22.1. The Morgan fingerprint density at radius 1 is 1.03 bits per heavy atom. The van der Waals surface area contributed by atoms with Gasteiger partial charge >= 0.3 is 0 Å². The number of nitrogens with zero attached hydrogens (tertiary/aromatic N) is 1. The van der Waals surface area contributed by atoms with Gasteiger partial charge in [-0.2, -0.15) is 0 Å². The number of oxazole rings is 1. The minimum absolute atomic E-state index is 0.142. The van der Waals surface area contributed by atoms with Crippen LogP contribution in [0.3, 0.4) is 0 Å². The minimum atomic E-state index is -0.315. The number of amides is 1. The van der Waals surface area contributed by atoms with Crippen molar-refractivity contribution < 1.29 is 13.9 Å². The normalized spacial score (nSPS) is 11.1. The van der Waals surface area contributed by atoms with Crippen molar-refractivity contribution in [3.63, 3.8) is 0 Å². The van der Waals surface area contributed by atoms with Crippen LogP contribution in [-0.2, 0) is 4.79 Å². The molecule has 158 valence electrons. The molecule has 0 spiro atoms. The van der Waals surface area contributed by atoms with Gasteiger partial charge in [0.05, 0.1) is 10.7 Å². The van der Waals surface area contributed by atoms with Crippen LogP contribution in [0.2, 0.25) is 5.02 Å². The van der Waals surface area contributed by atoms with E-state index in [1.54, 1.807) is 12.1 Å². The van der Waals surface area contributed by atoms with Gasteiger partial charge in [-0.05, 0) is 54.3 Å². The number of halogens is 1. The number of fused-ring (bicyclic) bond motifs is 2. The van der Waals surface area contributed by atoms with E-state index in [4.69, 9.17) is 20.8 Å². The van der Waals surface area contributed by atoms with Gasteiger partial charge in [-0.25, -0.2) is 4.98 Å². The summed E-state index contributed by atoms with van der Waals surface area (Å²) in [6, 6.07) is 24.7. The van der Waals surface area contributed by atoms with Crippen LogP contribution in [0, 0.1) is 6.92 Å². The van der Waals surface area contributed by atoms with Gasteiger partial charge in [0.2, 0.25) is 5.89 Å². The number of rotatable bonds is 5. The molecule has 1 N–H and O–H groups in total. The Kier molecular flexibility index (Phi) is 5.25. The van der Waals surface area contributed by atoms with Crippen molar-refractivity contribution in [2.24, 2.45) is 0 Å². The van der Waals surface area contributed by atoms with Gasteiger partial charge in [0, 0.05) is 10.9 Å². The molecule has 6 heteroatoms. The van der Waals surface area contributed by atoms with Crippen molar-refractivity contribution >= 4 is 45.1 Å². The van der Waals surface area contributed by atoms with E-state index in [0.29, 0.717) is 33.5 Å². The van der Waals surface area contributed by atoms with Crippen LogP contribution < -0.4 is 10.1 Å². The molecule has 0 aliphatic carbocycles. The molecule has 5 rings (SSSR count). The number of aromatic nitrogens is 1. The molecular weight excluding hydrogens is 424 g/mol. The lowest BCUT2D eigenvalue weighted by molar-refractivity contribution is -0.118. The van der Waals surface area contributed by atoms with E-state index in [0.717, 1.165) is 21.9 Å². The number of hydrogen-bond acceptors (Lipinski definition) is 4. The molecule has 0 saturated carbocycles. The average molecular weight is 443 g/mol. The smallest absolute Gasteiger partial charge is 0.262 e. The second-order valence-corrected chi connectivity index (χ2v) is 7.91. The number of hydrogen-bond donors (Lipinski definition) is 1. The van der Waals surface area contributed by atoms with E-state index < -0.39 is 0 Å². The minimum Gasteiger partial charge on any atom is -0.483 e. The molecular formula is C26H19ClN2O3. The van der Waals surface area contributed by atoms with Gasteiger partial charge in [-0.15, -0.1) is 0 Å². The largest absolute Gasteiger partial charge is 0.483 e. The van der Waals surface area contributed by atoms with E-state index in [9.17, 15) is 4.79 Å². The molecule has 1 aromatic heterocycles. The first-order chi connectivity index (χ1) is 15.6. The van der Waals surface area contributed by atoms with Crippen molar-refractivity contribution in [1.29, 1.82) is 0 Å². The summed E-state index contributed by atoms with van der Waals surface area (Å²) in [4.78, 5) is 17.1. The maximum Gasteiger partial charge on any atom is 0.262 e. The van der Waals surface area contributed by atoms with Crippen LogP contribution in [0.15, 0.2) is 83.3 Å². The summed E-state index contributed by atoms with van der Waals surface area (Å²) in [6.07, 6.45) is 0. The predicted octanol–water partition coefficient (Wildman–Crippen LogP) is 6.63. The molecule has 0 aliphatic rings. The monoisotopic (exact) mass is 442 g/mol. The van der Waals surface area contributed by atoms with Crippen LogP contribution in [0.5, 0.6) is 5.75 Å². The summed E-state index contributed by atoms with van der Waals surface area (Å²) in [5, 5.41) is 5.24. The fourth-order valence-electron chi connectivity index (χ4n) is 3.57. The summed E-state index contributed by atoms with van der Waals surface area (Å²) in [7, 11) is 0. The molecule has 0 fully saturated rings. The lowest BCUT2D eigenvalue weighted by Crippen LogP contribution is -2.20. The highest BCUT2D eigenvalue weighted by atomic mass is 35.5. The molecule has 0 saturated heterocycles. The zero-order valence-corrected chi connectivity index (χ0v) is 18.0. The highest BCUT2D eigenvalue weighted by molar-refractivity contribution is 6.33. The quantitative estimate of drug-likeness (QED) is 0.332. The molecule has 32 heavy (non-hydrogen) atoms. The fraction of sp³-hybridized carbons (Fsp3) is 0.0769. The second kappa shape index (κ2) is 8.36. The zero-order valence-electron chi connectivity index (χ0n) is 17.3. The number of ether oxygens (including phenoxy) is 1. The second-order valence-electron chi connectivity index (χ2n) is 7.50. The Morgan fingerprint density at radius 2 is 1.88 bits per heavy atom. The van der Waals surface area contributed by atoms with Crippen molar-refractivity contribution in [3.05, 3.63) is 89.4 Å². The molecule has 5 aromatic rings. The molecule has 5 nitrogen and oxygen atoms in total. The summed E-state index contributed by atoms with van der Waals surface area (Å²) < 4.78 is 11.6. The lowest BCUT2D eigenvalue weighted by Gasteiger charge is -2.11. The SMILES string of the molecule is Cc1ccc2oc(-c3ccc(Cl)c(NC(=O)COc4cccc5ccccc45)c3)nc2c1. The molecule has 0 aliphatic heterocycles. The van der Waals surface area contributed by atoms with Gasteiger partial charge in [0.15, 0.2) is 12.2 Å². The third-order valence-electron chi connectivity index (χ3n) is 5.14. The molecule has 0 unspecified atom stereocenters. The van der Waals surface area contributed by atoms with E-state index in [1.807, 2.05) is 73.7 Å². The van der Waals surface area contributed by atoms with Gasteiger partial charge in [-0.1, -0.05) is 54.1 Å². The summed E-state index contributed by atoms with van der Waals surface area (Å²) >= 11 is 6.32. The van der Waals surface area contributed by atoms with Crippen molar-refractivity contribution in [3.8, 4) is 17.2 Å². The third kappa shape index (κ3) is 4.03. The van der Waals surface area contributed by atoms with E-state index >= 15 is 0 Å². The maximum absolute atomic E-state index is 12.6. The van der Waals surface area contributed by atoms with Crippen LogP contribution in [-0.4, -0.2) is 17.5 Å². The topological polar surface area (TPSA) is 64.4 Å². The Balaban J connectivity index is 1.34. The van der Waals surface area contributed by atoms with Gasteiger partial charge in [0.25, 0.3) is 5.91 Å². The number of benzene rings is 4. The molecule has 0 radical (unpaired) electrons. The lowest BCUT2D eigenvalue weighted by atomic mass is 10.1. The third-order valence-corrected chi connectivity index (χ3v) is 5.47. The molecule has 4 aromatic carbocycles.